The van der Waals surface area contributed by atoms with Crippen molar-refractivity contribution in [1.29, 1.82) is 0 Å². The van der Waals surface area contributed by atoms with Gasteiger partial charge in [-0.25, -0.2) is 9.59 Å². The summed E-state index contributed by atoms with van der Waals surface area (Å²) in [6, 6.07) is 6.60. The fraction of sp³-hybridized carbons (Fsp3) is 0.529. The predicted octanol–water partition coefficient (Wildman–Crippen LogP) is 2.82. The smallest absolute Gasteiger partial charge is 0.408 e. The number of esters is 1. The summed E-state index contributed by atoms with van der Waals surface area (Å²) in [5.41, 5.74) is 0.241. The molecule has 1 aromatic carbocycles. The third kappa shape index (κ3) is 4.15. The number of ether oxygens (including phenoxy) is 3. The van der Waals surface area contributed by atoms with E-state index in [0.29, 0.717) is 0 Å². The minimum atomic E-state index is -0.725. The van der Waals surface area contributed by atoms with Crippen LogP contribution in [0.25, 0.3) is 0 Å². The fourth-order valence-electron chi connectivity index (χ4n) is 2.49. The molecule has 0 aliphatic carbocycles. The van der Waals surface area contributed by atoms with Gasteiger partial charge >= 0.3 is 12.1 Å². The van der Waals surface area contributed by atoms with Crippen LogP contribution in [0.4, 0.5) is 4.79 Å². The molecule has 0 radical (unpaired) electrons. The van der Waals surface area contributed by atoms with Crippen LogP contribution in [0.2, 0.25) is 0 Å². The second-order valence-corrected chi connectivity index (χ2v) is 6.61. The van der Waals surface area contributed by atoms with Crippen LogP contribution < -0.4 is 10.1 Å². The van der Waals surface area contributed by atoms with Gasteiger partial charge in [-0.2, -0.15) is 0 Å². The average Bonchev–Trinajstić information content (AvgIpc) is 2.73. The number of nitrogens with one attached hydrogen (secondary N) is 1. The number of amides is 1. The third-order valence-electron chi connectivity index (χ3n) is 3.62. The lowest BCUT2D eigenvalue weighted by Gasteiger charge is -2.22. The molecule has 1 N–H and O–H groups in total. The van der Waals surface area contributed by atoms with E-state index in [1.54, 1.807) is 27.9 Å². The summed E-state index contributed by atoms with van der Waals surface area (Å²) in [5.74, 6) is 0.0711. The zero-order valence-corrected chi connectivity index (χ0v) is 14.1. The van der Waals surface area contributed by atoms with Gasteiger partial charge in [0, 0.05) is 5.92 Å². The Morgan fingerprint density at radius 3 is 2.35 bits per heavy atom. The van der Waals surface area contributed by atoms with Crippen molar-refractivity contribution in [2.24, 2.45) is 5.92 Å². The molecule has 1 amide bonds. The fourth-order valence-corrected chi connectivity index (χ4v) is 2.49. The van der Waals surface area contributed by atoms with Crippen LogP contribution in [0, 0.1) is 5.92 Å². The zero-order chi connectivity index (χ0) is 17.2. The van der Waals surface area contributed by atoms with Crippen LogP contribution >= 0.6 is 0 Å². The number of alkyl carbamates (subject to hydrolysis) is 1. The van der Waals surface area contributed by atoms with Crippen molar-refractivity contribution in [1.82, 2.24) is 5.32 Å². The van der Waals surface area contributed by atoms with Crippen molar-refractivity contribution in [3.8, 4) is 5.75 Å². The van der Waals surface area contributed by atoms with E-state index in [1.165, 1.54) is 0 Å². The molecule has 3 atom stereocenters. The van der Waals surface area contributed by atoms with Crippen LogP contribution in [0.15, 0.2) is 24.3 Å². The molecule has 2 rings (SSSR count). The zero-order valence-electron chi connectivity index (χ0n) is 14.1. The summed E-state index contributed by atoms with van der Waals surface area (Å²) in [6.45, 7) is 7.16. The summed E-state index contributed by atoms with van der Waals surface area (Å²) >= 11 is 0. The number of carbonyl (C=O) groups is 2. The number of cyclic esters (lactones) is 1. The average molecular weight is 321 g/mol. The highest BCUT2D eigenvalue weighted by Crippen LogP contribution is 2.36. The van der Waals surface area contributed by atoms with Gasteiger partial charge in [0.05, 0.1) is 7.11 Å². The topological polar surface area (TPSA) is 73.9 Å². The van der Waals surface area contributed by atoms with Crippen molar-refractivity contribution < 1.29 is 23.8 Å². The molecule has 0 spiro atoms. The van der Waals surface area contributed by atoms with E-state index in [1.807, 2.05) is 31.2 Å². The van der Waals surface area contributed by atoms with Crippen molar-refractivity contribution in [3.05, 3.63) is 29.8 Å². The maximum absolute atomic E-state index is 12.1. The summed E-state index contributed by atoms with van der Waals surface area (Å²) < 4.78 is 15.7. The van der Waals surface area contributed by atoms with Crippen LogP contribution in [0.5, 0.6) is 5.75 Å². The van der Waals surface area contributed by atoms with E-state index >= 15 is 0 Å². The molecular formula is C17H23NO5. The quantitative estimate of drug-likeness (QED) is 0.867. The molecule has 1 heterocycles. The van der Waals surface area contributed by atoms with Crippen molar-refractivity contribution >= 4 is 12.1 Å². The van der Waals surface area contributed by atoms with Gasteiger partial charge in [-0.1, -0.05) is 19.1 Å². The van der Waals surface area contributed by atoms with Crippen LogP contribution in [0.3, 0.4) is 0 Å². The molecule has 126 valence electrons. The van der Waals surface area contributed by atoms with E-state index in [2.05, 4.69) is 5.32 Å². The molecule has 0 bridgehead atoms. The Morgan fingerprint density at radius 2 is 1.83 bits per heavy atom. The van der Waals surface area contributed by atoms with Gasteiger partial charge in [0.25, 0.3) is 0 Å². The molecule has 1 aromatic rings. The van der Waals surface area contributed by atoms with Gasteiger partial charge in [-0.3, -0.25) is 0 Å². The van der Waals surface area contributed by atoms with E-state index in [9.17, 15) is 9.59 Å². The number of hydrogen-bond acceptors (Lipinski definition) is 5. The first-order valence-corrected chi connectivity index (χ1v) is 7.55. The Kier molecular flexibility index (Phi) is 4.82. The molecule has 1 saturated heterocycles. The SMILES string of the molecule is COc1ccc([C@@H]2OC(=O)[C@@H](NC(=O)OC(C)(C)C)[C@@H]2C)cc1. The van der Waals surface area contributed by atoms with Gasteiger partial charge in [0.2, 0.25) is 0 Å². The first kappa shape index (κ1) is 17.1. The molecule has 1 fully saturated rings. The van der Waals surface area contributed by atoms with E-state index < -0.39 is 29.8 Å². The summed E-state index contributed by atoms with van der Waals surface area (Å²) in [6.07, 6.45) is -1.03. The molecule has 6 heteroatoms. The number of methoxy groups -OCH3 is 1. The standard InChI is InChI=1S/C17H23NO5/c1-10-13(18-16(20)23-17(2,3)4)15(19)22-14(10)11-6-8-12(21-5)9-7-11/h6-10,13-14H,1-5H3,(H,18,20)/t10-,13-,14+/m0/s1. The van der Waals surface area contributed by atoms with Crippen molar-refractivity contribution in [2.75, 3.05) is 7.11 Å². The maximum Gasteiger partial charge on any atom is 0.408 e. The van der Waals surface area contributed by atoms with Gasteiger partial charge in [-0.15, -0.1) is 0 Å². The predicted molar refractivity (Wildman–Crippen MR) is 84.1 cm³/mol. The molecule has 0 unspecified atom stereocenters. The van der Waals surface area contributed by atoms with E-state index in [4.69, 9.17) is 14.2 Å². The number of rotatable bonds is 3. The normalized spacial score (nSPS) is 24.0. The van der Waals surface area contributed by atoms with E-state index in [0.717, 1.165) is 11.3 Å². The monoisotopic (exact) mass is 321 g/mol. The highest BCUT2D eigenvalue weighted by atomic mass is 16.6. The second-order valence-electron chi connectivity index (χ2n) is 6.61. The summed E-state index contributed by atoms with van der Waals surface area (Å²) in [4.78, 5) is 24.0. The molecule has 6 nitrogen and oxygen atoms in total. The highest BCUT2D eigenvalue weighted by molar-refractivity contribution is 5.83. The van der Waals surface area contributed by atoms with E-state index in [-0.39, 0.29) is 5.92 Å². The van der Waals surface area contributed by atoms with Crippen molar-refractivity contribution in [2.45, 2.75) is 45.4 Å². The summed E-state index contributed by atoms with van der Waals surface area (Å²) in [7, 11) is 1.59. The maximum atomic E-state index is 12.1. The molecule has 1 aliphatic heterocycles. The van der Waals surface area contributed by atoms with Gasteiger partial charge in [0.15, 0.2) is 0 Å². The van der Waals surface area contributed by atoms with Gasteiger partial charge in [0.1, 0.15) is 23.5 Å². The van der Waals surface area contributed by atoms with Crippen LogP contribution in [-0.2, 0) is 14.3 Å². The minimum absolute atomic E-state index is 0.205. The molecule has 0 saturated carbocycles. The Labute approximate surface area is 136 Å². The Balaban J connectivity index is 2.07. The highest BCUT2D eigenvalue weighted by Gasteiger charge is 2.44. The Hall–Kier alpha value is -2.24. The lowest BCUT2D eigenvalue weighted by Crippen LogP contribution is -2.44. The number of hydrogen-bond donors (Lipinski definition) is 1. The molecule has 23 heavy (non-hydrogen) atoms. The van der Waals surface area contributed by atoms with Crippen LogP contribution in [-0.4, -0.2) is 30.8 Å². The first-order chi connectivity index (χ1) is 10.7. The second kappa shape index (κ2) is 6.48. The summed E-state index contributed by atoms with van der Waals surface area (Å²) in [5, 5.41) is 2.60. The lowest BCUT2D eigenvalue weighted by atomic mass is 9.93. The number of benzene rings is 1. The minimum Gasteiger partial charge on any atom is -0.497 e. The molecular weight excluding hydrogens is 298 g/mol. The lowest BCUT2D eigenvalue weighted by molar-refractivity contribution is -0.143. The van der Waals surface area contributed by atoms with Gasteiger partial charge < -0.3 is 19.5 Å². The Morgan fingerprint density at radius 1 is 1.22 bits per heavy atom. The third-order valence-corrected chi connectivity index (χ3v) is 3.62. The largest absolute Gasteiger partial charge is 0.497 e. The molecule has 1 aliphatic rings. The first-order valence-electron chi connectivity index (χ1n) is 7.55. The van der Waals surface area contributed by atoms with Crippen molar-refractivity contribution in [3.63, 3.8) is 0 Å². The van der Waals surface area contributed by atoms with Crippen LogP contribution in [0.1, 0.15) is 39.4 Å². The molecule has 0 aromatic heterocycles. The number of carbonyl (C=O) groups excluding carboxylic acids is 2. The Bertz CT molecular complexity index is 576. The van der Waals surface area contributed by atoms with Gasteiger partial charge in [-0.05, 0) is 38.5 Å².